The van der Waals surface area contributed by atoms with Gasteiger partial charge in [-0.05, 0) is 68.9 Å². The van der Waals surface area contributed by atoms with E-state index in [0.29, 0.717) is 0 Å². The zero-order valence-electron chi connectivity index (χ0n) is 21.2. The fourth-order valence-electron chi connectivity index (χ4n) is 3.62. The molecule has 2 aromatic carbocycles. The van der Waals surface area contributed by atoms with Crippen molar-refractivity contribution >= 4 is 10.1 Å². The second-order valence-electron chi connectivity index (χ2n) is 9.37. The van der Waals surface area contributed by atoms with Crippen LogP contribution in [0.1, 0.15) is 63.0 Å². The maximum atomic E-state index is 10.4. The van der Waals surface area contributed by atoms with Gasteiger partial charge in [0.15, 0.2) is 0 Å². The Kier molecular flexibility index (Phi) is 13.3. The van der Waals surface area contributed by atoms with Gasteiger partial charge in [0.2, 0.25) is 0 Å². The van der Waals surface area contributed by atoms with Gasteiger partial charge in [-0.25, -0.2) is 8.42 Å². The van der Waals surface area contributed by atoms with Gasteiger partial charge in [-0.1, -0.05) is 56.0 Å². The minimum atomic E-state index is -4.27. The molecule has 0 amide bonds. The van der Waals surface area contributed by atoms with Crippen LogP contribution in [0.4, 0.5) is 0 Å². The van der Waals surface area contributed by atoms with Gasteiger partial charge in [0, 0.05) is 0 Å². The third-order valence-corrected chi connectivity index (χ3v) is 6.66. The summed E-state index contributed by atoms with van der Waals surface area (Å²) in [6.45, 7) is 6.72. The predicted octanol–water partition coefficient (Wildman–Crippen LogP) is 5.96. The molecule has 0 aliphatic rings. The van der Waals surface area contributed by atoms with E-state index in [-0.39, 0.29) is 4.90 Å². The van der Waals surface area contributed by atoms with Crippen molar-refractivity contribution in [2.45, 2.75) is 70.1 Å². The average molecular weight is 478 g/mol. The molecule has 0 aromatic heterocycles. The Morgan fingerprint density at radius 1 is 0.818 bits per heavy atom. The van der Waals surface area contributed by atoms with Crippen molar-refractivity contribution in [1.82, 2.24) is 0 Å². The zero-order valence-corrected chi connectivity index (χ0v) is 22.0. The molecule has 0 unspecified atom stereocenters. The SMILES string of the molecule is CCCCCCC[N+](C)(C)CCCCc1ccc(OC)cc1.Cc1ccc(S(=O)(=O)[O-])cc1. The van der Waals surface area contributed by atoms with E-state index in [2.05, 4.69) is 45.3 Å². The standard InChI is InChI=1S/C20H36NO.C7H8O3S/c1-5-6-7-8-10-17-21(2,3)18-11-9-12-19-13-15-20(22-4)16-14-19;1-6-2-4-7(5-3-6)11(8,9)10/h13-16H,5-12,17-18H2,1-4H3;2-5H,1H3,(H,8,9,10)/q+1;/p-1. The van der Waals surface area contributed by atoms with Crippen molar-refractivity contribution < 1.29 is 22.2 Å². The Morgan fingerprint density at radius 2 is 1.36 bits per heavy atom. The quantitative estimate of drug-likeness (QED) is 0.203. The lowest BCUT2D eigenvalue weighted by Gasteiger charge is -2.30. The highest BCUT2D eigenvalue weighted by molar-refractivity contribution is 7.85. The Hall–Kier alpha value is -1.89. The van der Waals surface area contributed by atoms with Gasteiger partial charge in [-0.3, -0.25) is 0 Å². The first kappa shape index (κ1) is 29.1. The molecular weight excluding hydrogens is 434 g/mol. The van der Waals surface area contributed by atoms with Crippen LogP contribution in [0.3, 0.4) is 0 Å². The van der Waals surface area contributed by atoms with Crippen LogP contribution >= 0.6 is 0 Å². The molecule has 5 nitrogen and oxygen atoms in total. The van der Waals surface area contributed by atoms with E-state index < -0.39 is 10.1 Å². The first-order chi connectivity index (χ1) is 15.6. The number of ether oxygens (including phenoxy) is 1. The van der Waals surface area contributed by atoms with E-state index >= 15 is 0 Å². The molecule has 0 saturated heterocycles. The van der Waals surface area contributed by atoms with Gasteiger partial charge >= 0.3 is 0 Å². The first-order valence-corrected chi connectivity index (χ1v) is 13.5. The van der Waals surface area contributed by atoms with E-state index in [4.69, 9.17) is 4.74 Å². The van der Waals surface area contributed by atoms with Crippen molar-refractivity contribution in [2.75, 3.05) is 34.3 Å². The Balaban J connectivity index is 0.000000412. The molecule has 0 spiro atoms. The lowest BCUT2D eigenvalue weighted by Crippen LogP contribution is -2.41. The molecule has 0 bridgehead atoms. The molecule has 0 radical (unpaired) electrons. The van der Waals surface area contributed by atoms with Crippen molar-refractivity contribution in [3.63, 3.8) is 0 Å². The third kappa shape index (κ3) is 13.4. The van der Waals surface area contributed by atoms with E-state index in [9.17, 15) is 13.0 Å². The fraction of sp³-hybridized carbons (Fsp3) is 0.556. The van der Waals surface area contributed by atoms with Crippen molar-refractivity contribution in [3.8, 4) is 5.75 Å². The van der Waals surface area contributed by atoms with Gasteiger partial charge in [-0.2, -0.15) is 0 Å². The highest BCUT2D eigenvalue weighted by Gasteiger charge is 2.13. The molecule has 2 aromatic rings. The van der Waals surface area contributed by atoms with Crippen molar-refractivity contribution in [2.24, 2.45) is 0 Å². The molecule has 2 rings (SSSR count). The molecule has 0 fully saturated rings. The molecule has 33 heavy (non-hydrogen) atoms. The van der Waals surface area contributed by atoms with Gasteiger partial charge in [0.05, 0.1) is 39.2 Å². The summed E-state index contributed by atoms with van der Waals surface area (Å²) < 4.78 is 37.5. The maximum absolute atomic E-state index is 10.4. The third-order valence-electron chi connectivity index (χ3n) is 5.81. The van der Waals surface area contributed by atoms with Gasteiger partial charge in [0.1, 0.15) is 15.9 Å². The Bertz CT molecular complexity index is 875. The van der Waals surface area contributed by atoms with E-state index in [1.165, 1.54) is 86.6 Å². The van der Waals surface area contributed by atoms with Gasteiger partial charge in [-0.15, -0.1) is 0 Å². The normalized spacial score (nSPS) is 11.6. The van der Waals surface area contributed by atoms with Gasteiger partial charge < -0.3 is 13.8 Å². The summed E-state index contributed by atoms with van der Waals surface area (Å²) in [7, 11) is 2.21. The number of methoxy groups -OCH3 is 1. The zero-order chi connectivity index (χ0) is 24.7. The number of quaternary nitrogens is 1. The van der Waals surface area contributed by atoms with Crippen LogP contribution in [0, 0.1) is 6.92 Å². The average Bonchev–Trinajstić information content (AvgIpc) is 2.77. The Morgan fingerprint density at radius 3 is 1.88 bits per heavy atom. The van der Waals surface area contributed by atoms with Gasteiger partial charge in [0.25, 0.3) is 0 Å². The van der Waals surface area contributed by atoms with Crippen LogP contribution in [0.2, 0.25) is 0 Å². The smallest absolute Gasteiger partial charge is 0.124 e. The van der Waals surface area contributed by atoms with Crippen molar-refractivity contribution in [1.29, 1.82) is 0 Å². The summed E-state index contributed by atoms with van der Waals surface area (Å²) in [5, 5.41) is 0. The number of hydrogen-bond acceptors (Lipinski definition) is 4. The van der Waals surface area contributed by atoms with Crippen LogP contribution in [-0.2, 0) is 16.5 Å². The number of hydrogen-bond donors (Lipinski definition) is 0. The molecule has 0 aliphatic heterocycles. The van der Waals surface area contributed by atoms with E-state index in [1.807, 2.05) is 6.92 Å². The van der Waals surface area contributed by atoms with Crippen LogP contribution in [0.5, 0.6) is 5.75 Å². The lowest BCUT2D eigenvalue weighted by atomic mass is 10.1. The minimum absolute atomic E-state index is 0.178. The predicted molar refractivity (Wildman–Crippen MR) is 136 cm³/mol. The summed E-state index contributed by atoms with van der Waals surface area (Å²) >= 11 is 0. The second-order valence-corrected chi connectivity index (χ2v) is 10.7. The lowest BCUT2D eigenvalue weighted by molar-refractivity contribution is -0.890. The molecule has 0 atom stereocenters. The number of nitrogens with zero attached hydrogens (tertiary/aromatic N) is 1. The highest BCUT2D eigenvalue weighted by atomic mass is 32.2. The molecule has 6 heteroatoms. The molecule has 0 N–H and O–H groups in total. The summed E-state index contributed by atoms with van der Waals surface area (Å²) in [5.41, 5.74) is 2.35. The fourth-order valence-corrected chi connectivity index (χ4v) is 4.09. The second kappa shape index (κ2) is 15.1. The monoisotopic (exact) mass is 477 g/mol. The molecule has 0 saturated carbocycles. The van der Waals surface area contributed by atoms with Crippen molar-refractivity contribution in [3.05, 3.63) is 59.7 Å². The maximum Gasteiger partial charge on any atom is 0.124 e. The Labute approximate surface area is 202 Å². The number of benzene rings is 2. The molecule has 0 aliphatic carbocycles. The van der Waals surface area contributed by atoms with Crippen LogP contribution < -0.4 is 4.74 Å². The molecule has 0 heterocycles. The summed E-state index contributed by atoms with van der Waals surface area (Å²) in [6.07, 6.45) is 10.7. The molecule has 186 valence electrons. The summed E-state index contributed by atoms with van der Waals surface area (Å²) in [4.78, 5) is -0.178. The highest BCUT2D eigenvalue weighted by Crippen LogP contribution is 2.14. The number of rotatable bonds is 13. The number of aryl methyl sites for hydroxylation is 2. The van der Waals surface area contributed by atoms with E-state index in [0.717, 1.165) is 11.3 Å². The largest absolute Gasteiger partial charge is 0.744 e. The summed E-state index contributed by atoms with van der Waals surface area (Å²) in [5.74, 6) is 0.949. The van der Waals surface area contributed by atoms with Crippen LogP contribution in [0.25, 0.3) is 0 Å². The molecular formula is C27H43NO4S. The summed E-state index contributed by atoms with van der Waals surface area (Å²) in [6, 6.07) is 14.3. The topological polar surface area (TPSA) is 66.4 Å². The number of unbranched alkanes of at least 4 members (excludes halogenated alkanes) is 5. The minimum Gasteiger partial charge on any atom is -0.744 e. The van der Waals surface area contributed by atoms with Crippen LogP contribution in [-0.4, -0.2) is 51.7 Å². The first-order valence-electron chi connectivity index (χ1n) is 12.0. The van der Waals surface area contributed by atoms with E-state index in [1.54, 1.807) is 19.2 Å². The van der Waals surface area contributed by atoms with Crippen LogP contribution in [0.15, 0.2) is 53.4 Å².